The molecule has 0 aromatic heterocycles. The maximum Gasteiger partial charge on any atom is 0.0618 e. The van der Waals surface area contributed by atoms with E-state index in [0.29, 0.717) is 0 Å². The topological polar surface area (TPSA) is 28.2 Å². The average Bonchev–Trinajstić information content (AvgIpc) is 3.48. The standard InChI is InChI=1S/C11H12N2.2C10H15.2Fe/c1-8-3-5-10(12-8)7-11-6-4-9(2)13-11;2*1-6-7(2)9(4)10(5)8(6)3;;/h3-6H,7H2,1-2H3;2*1-5H3;;. The molecule has 4 rings (SSSR count). The molecule has 2 saturated heterocycles. The van der Waals surface area contributed by atoms with Crippen LogP contribution in [-0.4, -0.2) is 0 Å². The zero-order valence-corrected chi connectivity index (χ0v) is 25.8. The van der Waals surface area contributed by atoms with E-state index < -0.39 is 0 Å². The zero-order valence-electron chi connectivity index (χ0n) is 23.6. The molecule has 0 atom stereocenters. The summed E-state index contributed by atoms with van der Waals surface area (Å²) < 4.78 is 0. The van der Waals surface area contributed by atoms with Gasteiger partial charge in [-0.1, -0.05) is 69.2 Å². The minimum Gasteiger partial charge on any atom is -0.224 e. The predicted molar refractivity (Wildman–Crippen MR) is 140 cm³/mol. The minimum absolute atomic E-state index is 0. The summed E-state index contributed by atoms with van der Waals surface area (Å²) in [7, 11) is 0. The van der Waals surface area contributed by atoms with E-state index >= 15 is 0 Å². The molecule has 2 heterocycles. The van der Waals surface area contributed by atoms with Crippen LogP contribution in [0.3, 0.4) is 0 Å². The van der Waals surface area contributed by atoms with Crippen LogP contribution in [0.1, 0.15) is 89.5 Å². The molecule has 0 amide bonds. The number of nitrogens with zero attached hydrogens (tertiary/aromatic N) is 2. The van der Waals surface area contributed by atoms with Crippen LogP contribution < -0.4 is 10.6 Å². The molecule has 4 fully saturated rings. The first kappa shape index (κ1) is 36.0. The van der Waals surface area contributed by atoms with Gasteiger partial charge in [-0.3, -0.25) is 0 Å². The van der Waals surface area contributed by atoms with Crippen LogP contribution in [0.4, 0.5) is 0 Å². The van der Waals surface area contributed by atoms with Crippen molar-refractivity contribution in [1.29, 1.82) is 0 Å². The van der Waals surface area contributed by atoms with Gasteiger partial charge in [0.15, 0.2) is 0 Å². The van der Waals surface area contributed by atoms with Gasteiger partial charge in [-0.2, -0.15) is 0 Å². The first-order valence-corrected chi connectivity index (χ1v) is 11.9. The molecule has 192 valence electrons. The first-order valence-electron chi connectivity index (χ1n) is 11.9. The second-order valence-electron chi connectivity index (χ2n) is 9.58. The normalized spacial score (nSPS) is 27.1. The molecule has 0 bridgehead atoms. The quantitative estimate of drug-likeness (QED) is 0.316. The van der Waals surface area contributed by atoms with Gasteiger partial charge in [-0.05, 0) is 105 Å². The Kier molecular flexibility index (Phi) is 16.6. The van der Waals surface area contributed by atoms with Gasteiger partial charge in [0.25, 0.3) is 0 Å². The summed E-state index contributed by atoms with van der Waals surface area (Å²) in [5.41, 5.74) is 0. The largest absolute Gasteiger partial charge is 0.224 e. The molecule has 0 aromatic carbocycles. The average molecular weight is 554 g/mol. The van der Waals surface area contributed by atoms with Crippen molar-refractivity contribution >= 4 is 0 Å². The third-order valence-corrected chi connectivity index (χ3v) is 7.66. The monoisotopic (exact) mass is 554 g/mol. The van der Waals surface area contributed by atoms with Crippen molar-refractivity contribution in [3.05, 3.63) is 109 Å². The van der Waals surface area contributed by atoms with Crippen LogP contribution in [0.15, 0.2) is 0 Å². The summed E-state index contributed by atoms with van der Waals surface area (Å²) in [5, 5.41) is 8.75. The molecular formula is C31H42Fe2N2. The van der Waals surface area contributed by atoms with Crippen molar-refractivity contribution in [1.82, 2.24) is 10.6 Å². The van der Waals surface area contributed by atoms with Crippen molar-refractivity contribution in [2.75, 3.05) is 0 Å². The summed E-state index contributed by atoms with van der Waals surface area (Å²) in [4.78, 5) is 0. The predicted octanol–water partition coefficient (Wildman–Crippen LogP) is 7.54. The van der Waals surface area contributed by atoms with E-state index in [2.05, 4.69) is 92.7 Å². The Bertz CT molecular complexity index is 435. The number of rotatable bonds is 2. The Morgan fingerprint density at radius 1 is 0.371 bits per heavy atom. The molecule has 20 radical (unpaired) electrons. The van der Waals surface area contributed by atoms with E-state index in [9.17, 15) is 0 Å². The molecule has 35 heavy (non-hydrogen) atoms. The molecule has 0 unspecified atom stereocenters. The SMILES string of the molecule is C[C]1[CH][CH][C](C[C]2[CH][CH][C](C)[N]2)[N]1.C[C]1[C](C)[C](C)[C](C)[C]1C.C[C]1[C](C)[C](C)[C](C)[C]1C.[Fe].[Fe]. The van der Waals surface area contributed by atoms with E-state index in [1.165, 1.54) is 59.2 Å². The van der Waals surface area contributed by atoms with Crippen LogP contribution in [0.5, 0.6) is 0 Å². The summed E-state index contributed by atoms with van der Waals surface area (Å²) in [6, 6.07) is 4.38. The molecule has 2 nitrogen and oxygen atoms in total. The van der Waals surface area contributed by atoms with Crippen molar-refractivity contribution in [3.8, 4) is 0 Å². The van der Waals surface area contributed by atoms with Crippen LogP contribution in [-0.2, 0) is 34.1 Å². The van der Waals surface area contributed by atoms with Crippen LogP contribution in [0.2, 0.25) is 0 Å². The van der Waals surface area contributed by atoms with Crippen molar-refractivity contribution in [3.63, 3.8) is 0 Å². The number of hydrogen-bond acceptors (Lipinski definition) is 0. The van der Waals surface area contributed by atoms with Gasteiger partial charge in [0.1, 0.15) is 0 Å². The third-order valence-electron chi connectivity index (χ3n) is 7.66. The fraction of sp³-hybridized carbons (Fsp3) is 0.419. The van der Waals surface area contributed by atoms with Gasteiger partial charge >= 0.3 is 0 Å². The number of hydrogen-bond donors (Lipinski definition) is 0. The molecule has 0 aromatic rings. The van der Waals surface area contributed by atoms with Crippen LogP contribution >= 0.6 is 0 Å². The summed E-state index contributed by atoms with van der Waals surface area (Å²) in [6.07, 6.45) is 9.02. The Labute approximate surface area is 242 Å². The Hall–Kier alpha value is 0.959. The second kappa shape index (κ2) is 16.2. The Morgan fingerprint density at radius 2 is 0.571 bits per heavy atom. The van der Waals surface area contributed by atoms with Gasteiger partial charge in [-0.15, -0.1) is 0 Å². The molecule has 2 aliphatic carbocycles. The van der Waals surface area contributed by atoms with Crippen LogP contribution in [0.25, 0.3) is 0 Å². The van der Waals surface area contributed by atoms with Crippen molar-refractivity contribution in [2.24, 2.45) is 0 Å². The van der Waals surface area contributed by atoms with Gasteiger partial charge in [-0.25, -0.2) is 10.6 Å². The van der Waals surface area contributed by atoms with E-state index in [-0.39, 0.29) is 34.1 Å². The van der Waals surface area contributed by atoms with Gasteiger partial charge in [0, 0.05) is 34.1 Å². The van der Waals surface area contributed by atoms with Crippen molar-refractivity contribution in [2.45, 2.75) is 89.5 Å². The molecule has 0 spiro atoms. The van der Waals surface area contributed by atoms with E-state index in [1.807, 2.05) is 26.7 Å². The molecule has 2 saturated carbocycles. The molecule has 4 aliphatic rings. The van der Waals surface area contributed by atoms with Gasteiger partial charge in [0.2, 0.25) is 0 Å². The van der Waals surface area contributed by atoms with Crippen molar-refractivity contribution < 1.29 is 34.1 Å². The minimum atomic E-state index is 0. The molecule has 0 N–H and O–H groups in total. The molecule has 4 heteroatoms. The maximum atomic E-state index is 4.38. The molecular weight excluding hydrogens is 512 g/mol. The van der Waals surface area contributed by atoms with Gasteiger partial charge < -0.3 is 0 Å². The second-order valence-corrected chi connectivity index (χ2v) is 9.58. The Morgan fingerprint density at radius 3 is 0.714 bits per heavy atom. The first-order chi connectivity index (χ1) is 15.3. The van der Waals surface area contributed by atoms with Crippen LogP contribution in [0, 0.1) is 109 Å². The summed E-state index contributed by atoms with van der Waals surface area (Å²) in [5.74, 6) is 14.7. The van der Waals surface area contributed by atoms with E-state index in [0.717, 1.165) is 30.6 Å². The molecule has 2 aliphatic heterocycles. The maximum absolute atomic E-state index is 4.38. The third kappa shape index (κ3) is 9.58. The summed E-state index contributed by atoms with van der Waals surface area (Å²) >= 11 is 0. The zero-order chi connectivity index (χ0) is 25.0. The van der Waals surface area contributed by atoms with Gasteiger partial charge in [0.05, 0.1) is 24.2 Å². The van der Waals surface area contributed by atoms with E-state index in [1.54, 1.807) is 0 Å². The Balaban J connectivity index is 0.000000488. The summed E-state index contributed by atoms with van der Waals surface area (Å²) in [6.45, 7) is 26.0. The van der Waals surface area contributed by atoms with E-state index in [4.69, 9.17) is 0 Å². The fourth-order valence-corrected chi connectivity index (χ4v) is 4.23. The fourth-order valence-electron chi connectivity index (χ4n) is 4.23. The smallest absolute Gasteiger partial charge is 0.0618 e.